The van der Waals surface area contributed by atoms with E-state index in [1.807, 2.05) is 66.0 Å². The van der Waals surface area contributed by atoms with Gasteiger partial charge in [0.1, 0.15) is 11.6 Å². The lowest BCUT2D eigenvalue weighted by atomic mass is 10.2. The number of nitrogens with zero attached hydrogens (tertiary/aromatic N) is 3. The van der Waals surface area contributed by atoms with Crippen molar-refractivity contribution in [1.82, 2.24) is 14.8 Å². The molecular weight excluding hydrogens is 332 g/mol. The van der Waals surface area contributed by atoms with E-state index < -0.39 is 0 Å². The van der Waals surface area contributed by atoms with Gasteiger partial charge in [-0.05, 0) is 24.3 Å². The first kappa shape index (κ1) is 15.4. The average molecular weight is 348 g/mol. The Morgan fingerprint density at radius 3 is 2.40 bits per heavy atom. The van der Waals surface area contributed by atoms with E-state index in [0.29, 0.717) is 5.82 Å². The Labute approximate surface area is 149 Å². The van der Waals surface area contributed by atoms with E-state index in [9.17, 15) is 0 Å². The van der Waals surface area contributed by atoms with Gasteiger partial charge in [0.15, 0.2) is 0 Å². The summed E-state index contributed by atoms with van der Waals surface area (Å²) in [5, 5.41) is 7.35. The fourth-order valence-electron chi connectivity index (χ4n) is 2.55. The van der Waals surface area contributed by atoms with Crippen LogP contribution in [0.25, 0.3) is 27.6 Å². The second-order valence-electron chi connectivity index (χ2n) is 5.48. The van der Waals surface area contributed by atoms with Crippen molar-refractivity contribution in [2.75, 3.05) is 12.8 Å². The molecule has 2 aromatic heterocycles. The maximum Gasteiger partial charge on any atom is 0.212 e. The van der Waals surface area contributed by atoms with Crippen molar-refractivity contribution < 1.29 is 4.74 Å². The van der Waals surface area contributed by atoms with Crippen LogP contribution in [-0.2, 0) is 0 Å². The highest BCUT2D eigenvalue weighted by molar-refractivity contribution is 7.12. The SMILES string of the molecule is COc1ccc(-c2csc(-n3nc(-c4ccccc4)cc3N)n2)cc1. The van der Waals surface area contributed by atoms with Crippen LogP contribution in [0.1, 0.15) is 0 Å². The highest BCUT2D eigenvalue weighted by atomic mass is 32.1. The minimum Gasteiger partial charge on any atom is -0.497 e. The number of anilines is 1. The molecule has 0 fully saturated rings. The van der Waals surface area contributed by atoms with E-state index in [0.717, 1.165) is 33.4 Å². The number of thiazole rings is 1. The van der Waals surface area contributed by atoms with Crippen LogP contribution in [0.4, 0.5) is 5.82 Å². The van der Waals surface area contributed by atoms with Gasteiger partial charge in [0.2, 0.25) is 5.13 Å². The third-order valence-electron chi connectivity index (χ3n) is 3.87. The summed E-state index contributed by atoms with van der Waals surface area (Å²) in [6.07, 6.45) is 0. The van der Waals surface area contributed by atoms with Gasteiger partial charge in [-0.3, -0.25) is 0 Å². The van der Waals surface area contributed by atoms with Crippen LogP contribution >= 0.6 is 11.3 Å². The minimum atomic E-state index is 0.564. The predicted molar refractivity (Wildman–Crippen MR) is 101 cm³/mol. The van der Waals surface area contributed by atoms with Crippen LogP contribution in [0.2, 0.25) is 0 Å². The van der Waals surface area contributed by atoms with Crippen molar-refractivity contribution in [3.8, 4) is 33.4 Å². The molecule has 0 atom stereocenters. The smallest absolute Gasteiger partial charge is 0.212 e. The topological polar surface area (TPSA) is 66.0 Å². The number of hydrogen-bond acceptors (Lipinski definition) is 5. The van der Waals surface area contributed by atoms with Crippen molar-refractivity contribution in [2.24, 2.45) is 0 Å². The number of rotatable bonds is 4. The van der Waals surface area contributed by atoms with Crippen LogP contribution in [0.15, 0.2) is 66.0 Å². The molecule has 0 amide bonds. The normalized spacial score (nSPS) is 10.8. The van der Waals surface area contributed by atoms with Crippen molar-refractivity contribution in [2.45, 2.75) is 0 Å². The molecule has 25 heavy (non-hydrogen) atoms. The van der Waals surface area contributed by atoms with E-state index in [2.05, 4.69) is 10.1 Å². The van der Waals surface area contributed by atoms with E-state index in [4.69, 9.17) is 10.5 Å². The Morgan fingerprint density at radius 1 is 0.960 bits per heavy atom. The fourth-order valence-corrected chi connectivity index (χ4v) is 3.36. The van der Waals surface area contributed by atoms with E-state index in [1.165, 1.54) is 11.3 Å². The first-order valence-corrected chi connectivity index (χ1v) is 8.64. The number of aromatic nitrogens is 3. The Bertz CT molecular complexity index is 990. The predicted octanol–water partition coefficient (Wildman–Crippen LogP) is 4.25. The van der Waals surface area contributed by atoms with Gasteiger partial charge in [0.05, 0.1) is 18.5 Å². The summed E-state index contributed by atoms with van der Waals surface area (Å²) in [5.74, 6) is 1.39. The van der Waals surface area contributed by atoms with Gasteiger partial charge in [-0.25, -0.2) is 4.98 Å². The Kier molecular flexibility index (Phi) is 3.95. The number of hydrogen-bond donors (Lipinski definition) is 1. The zero-order chi connectivity index (χ0) is 17.2. The monoisotopic (exact) mass is 348 g/mol. The van der Waals surface area contributed by atoms with Crippen LogP contribution < -0.4 is 10.5 Å². The summed E-state index contributed by atoms with van der Waals surface area (Å²) < 4.78 is 6.87. The van der Waals surface area contributed by atoms with Gasteiger partial charge in [-0.1, -0.05) is 30.3 Å². The Morgan fingerprint density at radius 2 is 1.68 bits per heavy atom. The highest BCUT2D eigenvalue weighted by Crippen LogP contribution is 2.28. The number of ether oxygens (including phenoxy) is 1. The molecule has 5 nitrogen and oxygen atoms in total. The van der Waals surface area contributed by atoms with E-state index in [-0.39, 0.29) is 0 Å². The second kappa shape index (κ2) is 6.41. The molecule has 0 saturated heterocycles. The van der Waals surface area contributed by atoms with E-state index >= 15 is 0 Å². The maximum absolute atomic E-state index is 6.15. The molecular formula is C19H16N4OS. The van der Waals surface area contributed by atoms with Gasteiger partial charge >= 0.3 is 0 Å². The van der Waals surface area contributed by atoms with Crippen molar-refractivity contribution in [1.29, 1.82) is 0 Å². The van der Waals surface area contributed by atoms with Crippen molar-refractivity contribution in [3.05, 3.63) is 66.0 Å². The zero-order valence-corrected chi connectivity index (χ0v) is 14.4. The molecule has 2 N–H and O–H groups in total. The molecule has 6 heteroatoms. The molecule has 4 rings (SSSR count). The number of benzene rings is 2. The van der Waals surface area contributed by atoms with Crippen LogP contribution in [0.5, 0.6) is 5.75 Å². The third kappa shape index (κ3) is 2.99. The molecule has 124 valence electrons. The second-order valence-corrected chi connectivity index (χ2v) is 6.31. The lowest BCUT2D eigenvalue weighted by Crippen LogP contribution is -2.01. The molecule has 2 heterocycles. The van der Waals surface area contributed by atoms with Gasteiger partial charge in [0.25, 0.3) is 0 Å². The molecule has 0 spiro atoms. The summed E-state index contributed by atoms with van der Waals surface area (Å²) in [6, 6.07) is 19.6. The number of methoxy groups -OCH3 is 1. The third-order valence-corrected chi connectivity index (χ3v) is 4.68. The molecule has 0 radical (unpaired) electrons. The Balaban J connectivity index is 1.67. The fraction of sp³-hybridized carbons (Fsp3) is 0.0526. The van der Waals surface area contributed by atoms with Gasteiger partial charge in [0, 0.05) is 22.6 Å². The van der Waals surface area contributed by atoms with Crippen molar-refractivity contribution >= 4 is 17.2 Å². The molecule has 0 saturated carbocycles. The van der Waals surface area contributed by atoms with Gasteiger partial charge in [-0.2, -0.15) is 9.78 Å². The Hall–Kier alpha value is -3.12. The zero-order valence-electron chi connectivity index (χ0n) is 13.6. The molecule has 0 unspecified atom stereocenters. The minimum absolute atomic E-state index is 0.564. The van der Waals surface area contributed by atoms with Gasteiger partial charge in [-0.15, -0.1) is 11.3 Å². The van der Waals surface area contributed by atoms with Gasteiger partial charge < -0.3 is 10.5 Å². The number of nitrogens with two attached hydrogens (primary N) is 1. The van der Waals surface area contributed by atoms with Crippen LogP contribution in [0.3, 0.4) is 0 Å². The lowest BCUT2D eigenvalue weighted by molar-refractivity contribution is 0.415. The molecule has 2 aromatic carbocycles. The maximum atomic E-state index is 6.15. The summed E-state index contributed by atoms with van der Waals surface area (Å²) in [7, 11) is 1.65. The van der Waals surface area contributed by atoms with E-state index in [1.54, 1.807) is 11.8 Å². The first-order valence-electron chi connectivity index (χ1n) is 7.76. The number of nitrogen functional groups attached to an aromatic ring is 1. The lowest BCUT2D eigenvalue weighted by Gasteiger charge is -2.01. The quantitative estimate of drug-likeness (QED) is 0.599. The molecule has 0 aliphatic heterocycles. The molecule has 4 aromatic rings. The summed E-state index contributed by atoms with van der Waals surface area (Å²) in [5.41, 5.74) is 9.92. The summed E-state index contributed by atoms with van der Waals surface area (Å²) in [6.45, 7) is 0. The van der Waals surface area contributed by atoms with Crippen LogP contribution in [-0.4, -0.2) is 21.9 Å². The largest absolute Gasteiger partial charge is 0.497 e. The summed E-state index contributed by atoms with van der Waals surface area (Å²) in [4.78, 5) is 4.67. The average Bonchev–Trinajstić information content (AvgIpc) is 3.29. The highest BCUT2D eigenvalue weighted by Gasteiger charge is 2.12. The van der Waals surface area contributed by atoms with Crippen LogP contribution in [0, 0.1) is 0 Å². The van der Waals surface area contributed by atoms with Crippen molar-refractivity contribution in [3.63, 3.8) is 0 Å². The molecule has 0 aliphatic carbocycles. The first-order chi connectivity index (χ1) is 12.2. The molecule has 0 bridgehead atoms. The standard InChI is InChI=1S/C19H16N4OS/c1-24-15-9-7-14(8-10-15)17-12-25-19(21-17)23-18(20)11-16(22-23)13-5-3-2-4-6-13/h2-12H,20H2,1H3. The molecule has 0 aliphatic rings. The summed E-state index contributed by atoms with van der Waals surface area (Å²) >= 11 is 1.51.